The highest BCUT2D eigenvalue weighted by Gasteiger charge is 2.11. The summed E-state index contributed by atoms with van der Waals surface area (Å²) >= 11 is 0. The molecule has 2 heterocycles. The van der Waals surface area contributed by atoms with E-state index in [9.17, 15) is 4.79 Å². The number of aldehydes is 1. The van der Waals surface area contributed by atoms with Crippen molar-refractivity contribution in [2.24, 2.45) is 0 Å². The van der Waals surface area contributed by atoms with Gasteiger partial charge in [0.15, 0.2) is 12.0 Å². The Kier molecular flexibility index (Phi) is 2.67. The molecule has 15 heavy (non-hydrogen) atoms. The molecule has 0 saturated heterocycles. The molecule has 4 heteroatoms. The van der Waals surface area contributed by atoms with E-state index in [1.807, 2.05) is 10.7 Å². The van der Waals surface area contributed by atoms with Crippen LogP contribution in [0.25, 0.3) is 11.3 Å². The molecule has 0 spiro atoms. The molecule has 0 aliphatic heterocycles. The van der Waals surface area contributed by atoms with Crippen molar-refractivity contribution in [3.63, 3.8) is 0 Å². The molecule has 0 aliphatic carbocycles. The first-order valence-electron chi connectivity index (χ1n) is 4.91. The van der Waals surface area contributed by atoms with Crippen LogP contribution in [0.3, 0.4) is 0 Å². The zero-order chi connectivity index (χ0) is 10.7. The zero-order valence-corrected chi connectivity index (χ0v) is 8.51. The molecule has 0 bridgehead atoms. The molecule has 2 aromatic rings. The molecule has 0 fully saturated rings. The normalized spacial score (nSPS) is 10.5. The quantitative estimate of drug-likeness (QED) is 0.718. The Morgan fingerprint density at radius 1 is 1.53 bits per heavy atom. The topological polar surface area (TPSA) is 48.0 Å². The zero-order valence-electron chi connectivity index (χ0n) is 8.51. The van der Waals surface area contributed by atoms with Gasteiger partial charge in [0.25, 0.3) is 0 Å². The molecule has 0 radical (unpaired) electrons. The molecule has 0 aliphatic rings. The summed E-state index contributed by atoms with van der Waals surface area (Å²) in [6.45, 7) is 2.92. The molecule has 0 atom stereocenters. The Morgan fingerprint density at radius 2 is 2.40 bits per heavy atom. The highest BCUT2D eigenvalue weighted by Crippen LogP contribution is 2.23. The minimum atomic E-state index is 0.354. The van der Waals surface area contributed by atoms with Crippen molar-refractivity contribution in [2.45, 2.75) is 19.9 Å². The van der Waals surface area contributed by atoms with Crippen LogP contribution in [0.1, 0.15) is 23.9 Å². The van der Waals surface area contributed by atoms with Gasteiger partial charge in [0, 0.05) is 18.3 Å². The van der Waals surface area contributed by atoms with E-state index in [0.717, 1.165) is 30.5 Å². The van der Waals surface area contributed by atoms with Crippen LogP contribution in [-0.2, 0) is 6.54 Å². The lowest BCUT2D eigenvalue weighted by atomic mass is 10.2. The van der Waals surface area contributed by atoms with Gasteiger partial charge in [-0.1, -0.05) is 6.92 Å². The van der Waals surface area contributed by atoms with E-state index >= 15 is 0 Å². The molecule has 2 rings (SSSR count). The molecule has 4 nitrogen and oxygen atoms in total. The maximum atomic E-state index is 10.7. The highest BCUT2D eigenvalue weighted by molar-refractivity contribution is 5.83. The van der Waals surface area contributed by atoms with Gasteiger partial charge in [0.05, 0.1) is 12.0 Å². The van der Waals surface area contributed by atoms with Gasteiger partial charge in [0.1, 0.15) is 0 Å². The fourth-order valence-electron chi connectivity index (χ4n) is 1.58. The van der Waals surface area contributed by atoms with Crippen LogP contribution in [0.4, 0.5) is 0 Å². The lowest BCUT2D eigenvalue weighted by molar-refractivity contribution is 0.110. The number of nitrogens with zero attached hydrogens (tertiary/aromatic N) is 2. The summed E-state index contributed by atoms with van der Waals surface area (Å²) in [5.41, 5.74) is 1.73. The first-order valence-corrected chi connectivity index (χ1v) is 4.91. The van der Waals surface area contributed by atoms with Crippen molar-refractivity contribution < 1.29 is 9.21 Å². The molecule has 0 unspecified atom stereocenters. The fourth-order valence-corrected chi connectivity index (χ4v) is 1.58. The average Bonchev–Trinajstić information content (AvgIpc) is 2.84. The third kappa shape index (κ3) is 1.70. The van der Waals surface area contributed by atoms with E-state index in [0.29, 0.717) is 5.76 Å². The Labute approximate surface area is 87.5 Å². The Bertz CT molecular complexity index is 457. The predicted molar refractivity (Wildman–Crippen MR) is 55.6 cm³/mol. The molecule has 0 N–H and O–H groups in total. The van der Waals surface area contributed by atoms with Crippen LogP contribution < -0.4 is 0 Å². The smallest absolute Gasteiger partial charge is 0.186 e. The number of rotatable bonds is 4. The van der Waals surface area contributed by atoms with E-state index in [2.05, 4.69) is 12.0 Å². The Hall–Kier alpha value is -1.84. The van der Waals surface area contributed by atoms with Crippen LogP contribution in [0.15, 0.2) is 29.0 Å². The molecular formula is C11H12N2O2. The largest absolute Gasteiger partial charge is 0.461 e. The van der Waals surface area contributed by atoms with Gasteiger partial charge >= 0.3 is 0 Å². The SMILES string of the molecule is CCCn1nccc1-c1ccoc1C=O. The number of aromatic nitrogens is 2. The second-order valence-corrected chi connectivity index (χ2v) is 3.26. The second kappa shape index (κ2) is 4.13. The van der Waals surface area contributed by atoms with Gasteiger partial charge < -0.3 is 4.42 Å². The van der Waals surface area contributed by atoms with Crippen molar-refractivity contribution in [2.75, 3.05) is 0 Å². The van der Waals surface area contributed by atoms with Crippen molar-refractivity contribution in [3.8, 4) is 11.3 Å². The lowest BCUT2D eigenvalue weighted by Gasteiger charge is -2.03. The summed E-state index contributed by atoms with van der Waals surface area (Å²) in [5.74, 6) is 0.354. The van der Waals surface area contributed by atoms with Gasteiger partial charge in [-0.25, -0.2) is 0 Å². The standard InChI is InChI=1S/C11H12N2O2/c1-2-6-13-10(3-5-12-13)9-4-7-15-11(9)8-14/h3-5,7-8H,2,6H2,1H3. The minimum absolute atomic E-state index is 0.354. The number of carbonyl (C=O) groups is 1. The van der Waals surface area contributed by atoms with Gasteiger partial charge in [-0.2, -0.15) is 5.10 Å². The van der Waals surface area contributed by atoms with Crippen molar-refractivity contribution in [1.29, 1.82) is 0 Å². The molecular weight excluding hydrogens is 192 g/mol. The lowest BCUT2D eigenvalue weighted by Crippen LogP contribution is -2.01. The Morgan fingerprint density at radius 3 is 3.13 bits per heavy atom. The van der Waals surface area contributed by atoms with Crippen LogP contribution in [0.5, 0.6) is 0 Å². The number of carbonyl (C=O) groups excluding carboxylic acids is 1. The number of aryl methyl sites for hydroxylation is 1. The first-order chi connectivity index (χ1) is 7.36. The minimum Gasteiger partial charge on any atom is -0.461 e. The van der Waals surface area contributed by atoms with E-state index in [-0.39, 0.29) is 0 Å². The van der Waals surface area contributed by atoms with Crippen LogP contribution in [-0.4, -0.2) is 16.1 Å². The van der Waals surface area contributed by atoms with Gasteiger partial charge in [-0.15, -0.1) is 0 Å². The molecule has 0 saturated carbocycles. The summed E-state index contributed by atoms with van der Waals surface area (Å²) in [5, 5.41) is 4.20. The van der Waals surface area contributed by atoms with Crippen molar-refractivity contribution >= 4 is 6.29 Å². The van der Waals surface area contributed by atoms with Crippen LogP contribution in [0, 0.1) is 0 Å². The van der Waals surface area contributed by atoms with Crippen LogP contribution >= 0.6 is 0 Å². The summed E-state index contributed by atoms with van der Waals surface area (Å²) in [7, 11) is 0. The molecule has 2 aromatic heterocycles. The van der Waals surface area contributed by atoms with Gasteiger partial charge in [-0.05, 0) is 18.6 Å². The van der Waals surface area contributed by atoms with E-state index in [1.165, 1.54) is 6.26 Å². The summed E-state index contributed by atoms with van der Waals surface area (Å²) in [4.78, 5) is 10.7. The predicted octanol–water partition coefficient (Wildman–Crippen LogP) is 2.37. The average molecular weight is 204 g/mol. The number of hydrogen-bond donors (Lipinski definition) is 0. The van der Waals surface area contributed by atoms with Crippen molar-refractivity contribution in [1.82, 2.24) is 9.78 Å². The van der Waals surface area contributed by atoms with E-state index < -0.39 is 0 Å². The van der Waals surface area contributed by atoms with Crippen molar-refractivity contribution in [3.05, 3.63) is 30.4 Å². The summed E-state index contributed by atoms with van der Waals surface area (Å²) < 4.78 is 6.93. The summed E-state index contributed by atoms with van der Waals surface area (Å²) in [6, 6.07) is 3.67. The highest BCUT2D eigenvalue weighted by atomic mass is 16.3. The monoisotopic (exact) mass is 204 g/mol. The maximum Gasteiger partial charge on any atom is 0.186 e. The fraction of sp³-hybridized carbons (Fsp3) is 0.273. The number of hydrogen-bond acceptors (Lipinski definition) is 3. The first kappa shape index (κ1) is 9.71. The maximum absolute atomic E-state index is 10.7. The Balaban J connectivity index is 2.44. The molecule has 78 valence electrons. The molecule has 0 amide bonds. The number of furan rings is 1. The third-order valence-electron chi connectivity index (χ3n) is 2.23. The molecule has 0 aromatic carbocycles. The van der Waals surface area contributed by atoms with E-state index in [4.69, 9.17) is 4.42 Å². The third-order valence-corrected chi connectivity index (χ3v) is 2.23. The van der Waals surface area contributed by atoms with E-state index in [1.54, 1.807) is 12.3 Å². The van der Waals surface area contributed by atoms with Gasteiger partial charge in [-0.3, -0.25) is 9.48 Å². The summed E-state index contributed by atoms with van der Waals surface area (Å²) in [6.07, 6.45) is 4.97. The van der Waals surface area contributed by atoms with Gasteiger partial charge in [0.2, 0.25) is 0 Å². The second-order valence-electron chi connectivity index (χ2n) is 3.26. The van der Waals surface area contributed by atoms with Crippen LogP contribution in [0.2, 0.25) is 0 Å².